The summed E-state index contributed by atoms with van der Waals surface area (Å²) in [7, 11) is 4.88. The average Bonchev–Trinajstić information content (AvgIpc) is 2.66. The zero-order valence-corrected chi connectivity index (χ0v) is 16.0. The van der Waals surface area contributed by atoms with Gasteiger partial charge in [-0.15, -0.1) is 0 Å². The van der Waals surface area contributed by atoms with E-state index in [1.165, 1.54) is 0 Å². The van der Waals surface area contributed by atoms with Crippen molar-refractivity contribution in [3.63, 3.8) is 0 Å². The highest BCUT2D eigenvalue weighted by Crippen LogP contribution is 2.27. The van der Waals surface area contributed by atoms with E-state index in [0.717, 1.165) is 5.56 Å². The monoisotopic (exact) mass is 358 g/mol. The number of hydrogen-bond donors (Lipinski definition) is 0. The molecular formula is C20H26N2O4. The third-order valence-electron chi connectivity index (χ3n) is 4.50. The van der Waals surface area contributed by atoms with Crippen LogP contribution in [0.1, 0.15) is 28.4 Å². The highest BCUT2D eigenvalue weighted by molar-refractivity contribution is 5.95. The predicted octanol–water partition coefficient (Wildman–Crippen LogP) is 2.51. The van der Waals surface area contributed by atoms with Gasteiger partial charge in [0, 0.05) is 26.3 Å². The molecule has 0 atom stereocenters. The van der Waals surface area contributed by atoms with Gasteiger partial charge in [-0.05, 0) is 49.6 Å². The molecule has 0 aliphatic carbocycles. The Kier molecular flexibility index (Phi) is 6.44. The minimum atomic E-state index is -0.254. The largest absolute Gasteiger partial charge is 0.493 e. The molecule has 0 saturated carbocycles. The SMILES string of the molecule is CCN(C)C(=O)c1c(C)ccn(CCc2ccc(OC)c(OC)c2)c1=O. The Labute approximate surface area is 154 Å². The van der Waals surface area contributed by atoms with Crippen LogP contribution in [0, 0.1) is 6.92 Å². The van der Waals surface area contributed by atoms with Crippen LogP contribution in [-0.4, -0.2) is 43.2 Å². The summed E-state index contributed by atoms with van der Waals surface area (Å²) in [5.41, 5.74) is 1.70. The first kappa shape index (κ1) is 19.6. The molecule has 2 rings (SSSR count). The van der Waals surface area contributed by atoms with Crippen LogP contribution in [0.2, 0.25) is 0 Å². The summed E-state index contributed by atoms with van der Waals surface area (Å²) < 4.78 is 12.1. The van der Waals surface area contributed by atoms with E-state index in [9.17, 15) is 9.59 Å². The van der Waals surface area contributed by atoms with Gasteiger partial charge in [-0.1, -0.05) is 6.07 Å². The van der Waals surface area contributed by atoms with E-state index in [1.54, 1.807) is 43.9 Å². The number of carbonyl (C=O) groups excluding carboxylic acids is 1. The van der Waals surface area contributed by atoms with E-state index in [2.05, 4.69) is 0 Å². The fourth-order valence-electron chi connectivity index (χ4n) is 2.72. The van der Waals surface area contributed by atoms with E-state index in [1.807, 2.05) is 31.2 Å². The normalized spacial score (nSPS) is 10.5. The molecule has 1 aromatic heterocycles. The molecule has 0 N–H and O–H groups in total. The van der Waals surface area contributed by atoms with Crippen molar-refractivity contribution in [1.29, 1.82) is 0 Å². The molecule has 2 aromatic rings. The predicted molar refractivity (Wildman–Crippen MR) is 101 cm³/mol. The fourth-order valence-corrected chi connectivity index (χ4v) is 2.72. The first-order valence-electron chi connectivity index (χ1n) is 8.59. The number of pyridine rings is 1. The summed E-state index contributed by atoms with van der Waals surface area (Å²) in [5.74, 6) is 1.08. The fraction of sp³-hybridized carbons (Fsp3) is 0.400. The zero-order chi connectivity index (χ0) is 19.3. The number of aromatic nitrogens is 1. The number of ether oxygens (including phenoxy) is 2. The van der Waals surface area contributed by atoms with Crippen molar-refractivity contribution in [2.45, 2.75) is 26.8 Å². The lowest BCUT2D eigenvalue weighted by Crippen LogP contribution is -2.35. The van der Waals surface area contributed by atoms with E-state index in [-0.39, 0.29) is 17.0 Å². The quantitative estimate of drug-likeness (QED) is 0.763. The van der Waals surface area contributed by atoms with Crippen LogP contribution in [-0.2, 0) is 13.0 Å². The minimum Gasteiger partial charge on any atom is -0.493 e. The summed E-state index contributed by atoms with van der Waals surface area (Å²) in [6.45, 7) is 4.70. The molecule has 0 radical (unpaired) electrons. The summed E-state index contributed by atoms with van der Waals surface area (Å²) in [5, 5.41) is 0. The van der Waals surface area contributed by atoms with Crippen molar-refractivity contribution in [3.8, 4) is 11.5 Å². The second kappa shape index (κ2) is 8.56. The highest BCUT2D eigenvalue weighted by atomic mass is 16.5. The molecule has 0 saturated heterocycles. The molecule has 1 heterocycles. The Balaban J connectivity index is 2.26. The molecule has 0 aliphatic heterocycles. The first-order valence-corrected chi connectivity index (χ1v) is 8.59. The van der Waals surface area contributed by atoms with Crippen LogP contribution in [0.15, 0.2) is 35.3 Å². The van der Waals surface area contributed by atoms with Gasteiger partial charge in [-0.3, -0.25) is 9.59 Å². The van der Waals surface area contributed by atoms with E-state index in [4.69, 9.17) is 9.47 Å². The molecule has 1 amide bonds. The highest BCUT2D eigenvalue weighted by Gasteiger charge is 2.18. The number of methoxy groups -OCH3 is 2. The zero-order valence-electron chi connectivity index (χ0n) is 16.0. The van der Waals surface area contributed by atoms with Crippen LogP contribution in [0.5, 0.6) is 11.5 Å². The second-order valence-corrected chi connectivity index (χ2v) is 6.13. The number of aryl methyl sites for hydroxylation is 3. The topological polar surface area (TPSA) is 60.8 Å². The van der Waals surface area contributed by atoms with Crippen molar-refractivity contribution in [3.05, 3.63) is 57.5 Å². The number of hydrogen-bond acceptors (Lipinski definition) is 4. The van der Waals surface area contributed by atoms with Crippen molar-refractivity contribution in [2.75, 3.05) is 27.8 Å². The number of benzene rings is 1. The molecule has 0 aliphatic rings. The first-order chi connectivity index (χ1) is 12.4. The number of carbonyl (C=O) groups is 1. The molecule has 0 spiro atoms. The van der Waals surface area contributed by atoms with Crippen LogP contribution in [0.4, 0.5) is 0 Å². The van der Waals surface area contributed by atoms with Crippen LogP contribution in [0.25, 0.3) is 0 Å². The van der Waals surface area contributed by atoms with Crippen molar-refractivity contribution in [2.24, 2.45) is 0 Å². The molecule has 6 nitrogen and oxygen atoms in total. The maximum absolute atomic E-state index is 12.8. The Hall–Kier alpha value is -2.76. The maximum Gasteiger partial charge on any atom is 0.263 e. The second-order valence-electron chi connectivity index (χ2n) is 6.13. The minimum absolute atomic E-state index is 0.240. The Bertz CT molecular complexity index is 842. The van der Waals surface area contributed by atoms with Gasteiger partial charge in [0.25, 0.3) is 11.5 Å². The summed E-state index contributed by atoms with van der Waals surface area (Å²) in [4.78, 5) is 26.8. The van der Waals surface area contributed by atoms with Gasteiger partial charge in [0.05, 0.1) is 14.2 Å². The molecule has 26 heavy (non-hydrogen) atoms. The summed E-state index contributed by atoms with van der Waals surface area (Å²) in [6.07, 6.45) is 2.38. The van der Waals surface area contributed by atoms with Gasteiger partial charge in [0.2, 0.25) is 0 Å². The maximum atomic E-state index is 12.8. The van der Waals surface area contributed by atoms with Gasteiger partial charge in [0.15, 0.2) is 11.5 Å². The number of rotatable bonds is 7. The van der Waals surface area contributed by atoms with Gasteiger partial charge < -0.3 is 18.9 Å². The molecular weight excluding hydrogens is 332 g/mol. The Morgan fingerprint density at radius 2 is 1.85 bits per heavy atom. The van der Waals surface area contributed by atoms with E-state index in [0.29, 0.717) is 36.6 Å². The van der Waals surface area contributed by atoms with Gasteiger partial charge in [0.1, 0.15) is 5.56 Å². The van der Waals surface area contributed by atoms with Crippen LogP contribution < -0.4 is 15.0 Å². The van der Waals surface area contributed by atoms with Gasteiger partial charge >= 0.3 is 0 Å². The van der Waals surface area contributed by atoms with E-state index >= 15 is 0 Å². The smallest absolute Gasteiger partial charge is 0.263 e. The lowest BCUT2D eigenvalue weighted by Gasteiger charge is -2.17. The number of nitrogens with zero attached hydrogens (tertiary/aromatic N) is 2. The molecule has 0 fully saturated rings. The molecule has 0 unspecified atom stereocenters. The standard InChI is InChI=1S/C20H26N2O4/c1-6-21(3)19(23)18-14(2)9-11-22(20(18)24)12-10-15-7-8-16(25-4)17(13-15)26-5/h7-9,11,13H,6,10,12H2,1-5H3. The summed E-state index contributed by atoms with van der Waals surface area (Å²) >= 11 is 0. The van der Waals surface area contributed by atoms with E-state index < -0.39 is 0 Å². The van der Waals surface area contributed by atoms with Crippen molar-refractivity contribution >= 4 is 5.91 Å². The molecule has 140 valence electrons. The van der Waals surface area contributed by atoms with Gasteiger partial charge in [-0.2, -0.15) is 0 Å². The third kappa shape index (κ3) is 4.07. The Morgan fingerprint density at radius 1 is 1.15 bits per heavy atom. The third-order valence-corrected chi connectivity index (χ3v) is 4.50. The van der Waals surface area contributed by atoms with Crippen molar-refractivity contribution < 1.29 is 14.3 Å². The summed E-state index contributed by atoms with van der Waals surface area (Å²) in [6, 6.07) is 7.50. The lowest BCUT2D eigenvalue weighted by molar-refractivity contribution is 0.0799. The average molecular weight is 358 g/mol. The molecule has 1 aromatic carbocycles. The van der Waals surface area contributed by atoms with Crippen molar-refractivity contribution in [1.82, 2.24) is 9.47 Å². The van der Waals surface area contributed by atoms with Crippen LogP contribution in [0.3, 0.4) is 0 Å². The molecule has 6 heteroatoms. The Morgan fingerprint density at radius 3 is 2.46 bits per heavy atom. The van der Waals surface area contributed by atoms with Crippen LogP contribution >= 0.6 is 0 Å². The lowest BCUT2D eigenvalue weighted by atomic mass is 10.1. The number of amides is 1. The molecule has 0 bridgehead atoms. The van der Waals surface area contributed by atoms with Gasteiger partial charge in [-0.25, -0.2) is 0 Å².